The first-order valence-electron chi connectivity index (χ1n) is 5.20. The van der Waals surface area contributed by atoms with E-state index in [1.54, 1.807) is 0 Å². The Balaban J connectivity index is 2.64. The van der Waals surface area contributed by atoms with E-state index in [4.69, 9.17) is 10.5 Å². The van der Waals surface area contributed by atoms with Crippen LogP contribution in [0.2, 0.25) is 0 Å². The minimum Gasteiger partial charge on any atom is -0.490 e. The lowest BCUT2D eigenvalue weighted by Crippen LogP contribution is -2.42. The van der Waals surface area contributed by atoms with E-state index in [0.717, 1.165) is 0 Å². The molecule has 1 rings (SSSR count). The second-order valence-electron chi connectivity index (χ2n) is 3.94. The van der Waals surface area contributed by atoms with E-state index in [9.17, 15) is 14.7 Å². The summed E-state index contributed by atoms with van der Waals surface area (Å²) in [6.45, 7) is 1.03. The number of carbonyl (C=O) groups is 2. The minimum absolute atomic E-state index is 0.254. The fourth-order valence-electron chi connectivity index (χ4n) is 1.22. The Morgan fingerprint density at radius 2 is 1.89 bits per heavy atom. The third-order valence-corrected chi connectivity index (χ3v) is 2.28. The zero-order valence-corrected chi connectivity index (χ0v) is 10.2. The normalized spacial score (nSPS) is 13.5. The van der Waals surface area contributed by atoms with Crippen molar-refractivity contribution in [1.29, 1.82) is 0 Å². The van der Waals surface area contributed by atoms with E-state index >= 15 is 0 Å². The molecule has 0 saturated heterocycles. The van der Waals surface area contributed by atoms with Crippen LogP contribution in [0.3, 0.4) is 0 Å². The van der Waals surface area contributed by atoms with Crippen molar-refractivity contribution >= 4 is 11.9 Å². The number of carbonyl (C=O) groups excluding carboxylic acids is 2. The lowest BCUT2D eigenvalue weighted by molar-refractivity contribution is -0.163. The second-order valence-corrected chi connectivity index (χ2v) is 3.94. The van der Waals surface area contributed by atoms with E-state index in [0.29, 0.717) is 11.3 Å². The van der Waals surface area contributed by atoms with Crippen LogP contribution in [0.25, 0.3) is 0 Å². The molecule has 3 N–H and O–H groups in total. The maximum absolute atomic E-state index is 11.2. The van der Waals surface area contributed by atoms with Crippen molar-refractivity contribution in [3.05, 3.63) is 29.8 Å². The van der Waals surface area contributed by atoms with E-state index in [1.807, 2.05) is 0 Å². The molecule has 6 heteroatoms. The van der Waals surface area contributed by atoms with Crippen molar-refractivity contribution < 1.29 is 24.2 Å². The molecule has 0 aliphatic carbocycles. The van der Waals surface area contributed by atoms with Crippen molar-refractivity contribution in [3.63, 3.8) is 0 Å². The smallest absolute Gasteiger partial charge is 0.341 e. The molecule has 18 heavy (non-hydrogen) atoms. The number of primary amides is 1. The Bertz CT molecular complexity index is 438. The van der Waals surface area contributed by atoms with Crippen molar-refractivity contribution in [2.45, 2.75) is 12.5 Å². The van der Waals surface area contributed by atoms with Crippen LogP contribution in [0.1, 0.15) is 17.3 Å². The van der Waals surface area contributed by atoms with E-state index in [1.165, 1.54) is 38.3 Å². The summed E-state index contributed by atoms with van der Waals surface area (Å²) in [6.07, 6.45) is 0. The van der Waals surface area contributed by atoms with Crippen LogP contribution in [-0.2, 0) is 9.53 Å². The standard InChI is InChI=1S/C12H15NO5/c1-12(16,11(15)17-2)7-18-9-5-3-8(4-6-9)10(13)14/h3-6,16H,7H2,1-2H3,(H2,13,14). The molecule has 1 unspecified atom stereocenters. The number of hydrogen-bond donors (Lipinski definition) is 2. The maximum Gasteiger partial charge on any atom is 0.341 e. The zero-order chi connectivity index (χ0) is 13.8. The summed E-state index contributed by atoms with van der Waals surface area (Å²) in [7, 11) is 1.18. The molecule has 0 bridgehead atoms. The van der Waals surface area contributed by atoms with Gasteiger partial charge in [0.05, 0.1) is 7.11 Å². The number of hydrogen-bond acceptors (Lipinski definition) is 5. The highest BCUT2D eigenvalue weighted by Gasteiger charge is 2.32. The number of ether oxygens (including phenoxy) is 2. The molecular weight excluding hydrogens is 238 g/mol. The Morgan fingerprint density at radius 1 is 1.33 bits per heavy atom. The summed E-state index contributed by atoms with van der Waals surface area (Å²) in [6, 6.07) is 6.02. The highest BCUT2D eigenvalue weighted by molar-refractivity contribution is 5.92. The van der Waals surface area contributed by atoms with Gasteiger partial charge in [0.2, 0.25) is 5.91 Å². The molecule has 0 aromatic heterocycles. The van der Waals surface area contributed by atoms with Gasteiger partial charge in [0, 0.05) is 5.56 Å². The van der Waals surface area contributed by atoms with Crippen LogP contribution < -0.4 is 10.5 Å². The van der Waals surface area contributed by atoms with Gasteiger partial charge in [-0.15, -0.1) is 0 Å². The lowest BCUT2D eigenvalue weighted by atomic mass is 10.1. The number of amides is 1. The highest BCUT2D eigenvalue weighted by Crippen LogP contribution is 2.15. The number of nitrogens with two attached hydrogens (primary N) is 1. The molecule has 0 saturated carbocycles. The molecule has 0 aliphatic rings. The molecule has 1 atom stereocenters. The molecule has 6 nitrogen and oxygen atoms in total. The summed E-state index contributed by atoms with van der Waals surface area (Å²) in [5.74, 6) is -0.913. The Hall–Kier alpha value is -2.08. The summed E-state index contributed by atoms with van der Waals surface area (Å²) in [5, 5.41) is 9.71. The predicted octanol–water partition coefficient (Wildman–Crippen LogP) is 0.0883. The molecule has 0 fully saturated rings. The zero-order valence-electron chi connectivity index (χ0n) is 10.2. The Morgan fingerprint density at radius 3 is 2.33 bits per heavy atom. The first-order valence-corrected chi connectivity index (χ1v) is 5.20. The number of esters is 1. The molecule has 1 aromatic rings. The fourth-order valence-corrected chi connectivity index (χ4v) is 1.22. The second kappa shape index (κ2) is 5.50. The summed E-state index contributed by atoms with van der Waals surface area (Å²) in [5.41, 5.74) is 3.71. The van der Waals surface area contributed by atoms with Gasteiger partial charge in [-0.1, -0.05) is 0 Å². The molecular formula is C12H15NO5. The van der Waals surface area contributed by atoms with Crippen molar-refractivity contribution in [2.24, 2.45) is 5.73 Å². The minimum atomic E-state index is -1.73. The first-order chi connectivity index (χ1) is 8.36. The van der Waals surface area contributed by atoms with Gasteiger partial charge < -0.3 is 20.3 Å². The van der Waals surface area contributed by atoms with Crippen molar-refractivity contribution in [3.8, 4) is 5.75 Å². The van der Waals surface area contributed by atoms with E-state index in [-0.39, 0.29) is 6.61 Å². The third kappa shape index (κ3) is 3.46. The SMILES string of the molecule is COC(=O)C(C)(O)COc1ccc(C(N)=O)cc1. The Kier molecular flexibility index (Phi) is 4.28. The number of methoxy groups -OCH3 is 1. The van der Waals surface area contributed by atoms with Gasteiger partial charge >= 0.3 is 5.97 Å². The van der Waals surface area contributed by atoms with Gasteiger partial charge in [-0.3, -0.25) is 4.79 Å². The van der Waals surface area contributed by atoms with Gasteiger partial charge in [0.1, 0.15) is 12.4 Å². The largest absolute Gasteiger partial charge is 0.490 e. The van der Waals surface area contributed by atoms with E-state index in [2.05, 4.69) is 4.74 Å². The highest BCUT2D eigenvalue weighted by atomic mass is 16.6. The summed E-state index contributed by atoms with van der Waals surface area (Å²) >= 11 is 0. The molecule has 98 valence electrons. The topological polar surface area (TPSA) is 98.8 Å². The molecule has 1 amide bonds. The van der Waals surface area contributed by atoms with Crippen molar-refractivity contribution in [1.82, 2.24) is 0 Å². The molecule has 1 aromatic carbocycles. The van der Waals surface area contributed by atoms with Gasteiger partial charge in [0.25, 0.3) is 0 Å². The number of rotatable bonds is 5. The molecule has 0 spiro atoms. The van der Waals surface area contributed by atoms with Crippen LogP contribution in [0.4, 0.5) is 0 Å². The number of aliphatic hydroxyl groups is 1. The predicted molar refractivity (Wildman–Crippen MR) is 63.1 cm³/mol. The lowest BCUT2D eigenvalue weighted by Gasteiger charge is -2.20. The third-order valence-electron chi connectivity index (χ3n) is 2.28. The van der Waals surface area contributed by atoms with Gasteiger partial charge in [0.15, 0.2) is 5.60 Å². The van der Waals surface area contributed by atoms with Crippen LogP contribution >= 0.6 is 0 Å². The van der Waals surface area contributed by atoms with Gasteiger partial charge in [-0.2, -0.15) is 0 Å². The fraction of sp³-hybridized carbons (Fsp3) is 0.333. The molecule has 0 aliphatic heterocycles. The van der Waals surface area contributed by atoms with Crippen LogP contribution in [0.15, 0.2) is 24.3 Å². The summed E-state index contributed by atoms with van der Waals surface area (Å²) < 4.78 is 9.65. The van der Waals surface area contributed by atoms with Crippen LogP contribution in [0.5, 0.6) is 5.75 Å². The summed E-state index contributed by atoms with van der Waals surface area (Å²) in [4.78, 5) is 22.0. The molecule has 0 heterocycles. The average molecular weight is 253 g/mol. The van der Waals surface area contributed by atoms with E-state index < -0.39 is 17.5 Å². The Labute approximate surface area is 104 Å². The average Bonchev–Trinajstić information content (AvgIpc) is 2.35. The molecule has 0 radical (unpaired) electrons. The van der Waals surface area contributed by atoms with Crippen LogP contribution in [0, 0.1) is 0 Å². The van der Waals surface area contributed by atoms with Gasteiger partial charge in [-0.25, -0.2) is 4.79 Å². The maximum atomic E-state index is 11.2. The van der Waals surface area contributed by atoms with Crippen molar-refractivity contribution in [2.75, 3.05) is 13.7 Å². The quantitative estimate of drug-likeness (QED) is 0.724. The van der Waals surface area contributed by atoms with Crippen LogP contribution in [-0.4, -0.2) is 36.3 Å². The monoisotopic (exact) mass is 253 g/mol. The first kappa shape index (κ1) is 14.0. The number of benzene rings is 1. The van der Waals surface area contributed by atoms with Gasteiger partial charge in [-0.05, 0) is 31.2 Å².